The zero-order valence-corrected chi connectivity index (χ0v) is 34.0. The summed E-state index contributed by atoms with van der Waals surface area (Å²) in [4.78, 5) is 6.85. The summed E-state index contributed by atoms with van der Waals surface area (Å²) in [6, 6.07) is 32.7. The van der Waals surface area contributed by atoms with Gasteiger partial charge < -0.3 is 9.80 Å². The van der Waals surface area contributed by atoms with Crippen LogP contribution in [0.3, 0.4) is 0 Å². The van der Waals surface area contributed by atoms with E-state index >= 15 is 0 Å². The van der Waals surface area contributed by atoms with Crippen molar-refractivity contribution < 1.29 is 0 Å². The third-order valence-corrected chi connectivity index (χ3v) is 15.7. The number of para-hydroxylation sites is 2. The lowest BCUT2D eigenvalue weighted by Crippen LogP contribution is -2.61. The molecule has 0 amide bonds. The number of aryl methyl sites for hydroxylation is 1. The third kappa shape index (κ3) is 4.70. The lowest BCUT2D eigenvalue weighted by Gasteiger charge is -2.50. The standard InChI is InChI=1S/C49H53BN2S/c1-30-16-13-14-19-38(30)52-40-21-15-20-39-43(40)50(37-27-34-35(28-41(37)52)48(6,7)24-23-47(34,4)5)45-44(51(39)31-17-11-10-12-18-31)32-26-33-36(29-42(32)53-45)49(8,9)25-22-46(33,2)3/h10-21,26-28,36H,22-25,29H2,1-9H3. The van der Waals surface area contributed by atoms with Crippen molar-refractivity contribution in [3.63, 3.8) is 0 Å². The van der Waals surface area contributed by atoms with E-state index in [1.54, 1.807) is 16.0 Å². The van der Waals surface area contributed by atoms with E-state index in [1.807, 2.05) is 0 Å². The first-order valence-electron chi connectivity index (χ1n) is 20.1. The highest BCUT2D eigenvalue weighted by Gasteiger charge is 2.51. The number of nitrogens with zero attached hydrogens (tertiary/aromatic N) is 2. The summed E-state index contributed by atoms with van der Waals surface area (Å²) in [6.07, 6.45) is 8.78. The Morgan fingerprint density at radius 2 is 1.26 bits per heavy atom. The van der Waals surface area contributed by atoms with Crippen LogP contribution in [0.1, 0.15) is 108 Å². The van der Waals surface area contributed by atoms with E-state index in [2.05, 4.69) is 174 Å². The summed E-state index contributed by atoms with van der Waals surface area (Å²) in [5, 5.41) is 0. The molecule has 10 rings (SSSR count). The van der Waals surface area contributed by atoms with Crippen LogP contribution >= 0.6 is 11.3 Å². The summed E-state index contributed by atoms with van der Waals surface area (Å²) in [7, 11) is 0. The molecule has 0 bridgehead atoms. The molecule has 1 fully saturated rings. The molecule has 0 radical (unpaired) electrons. The molecule has 5 aromatic rings. The Balaban J connectivity index is 1.32. The molecule has 2 aliphatic heterocycles. The van der Waals surface area contributed by atoms with Crippen molar-refractivity contribution in [3.05, 3.63) is 118 Å². The minimum Gasteiger partial charge on any atom is -0.311 e. The van der Waals surface area contributed by atoms with E-state index < -0.39 is 0 Å². The molecule has 3 aliphatic carbocycles. The molecule has 0 saturated heterocycles. The smallest absolute Gasteiger partial charge is 0.264 e. The molecule has 4 heteroatoms. The summed E-state index contributed by atoms with van der Waals surface area (Å²) >= 11 is 2.13. The van der Waals surface area contributed by atoms with Crippen LogP contribution in [-0.2, 0) is 17.3 Å². The van der Waals surface area contributed by atoms with Crippen LogP contribution < -0.4 is 25.5 Å². The molecule has 1 aromatic heterocycles. The molecule has 5 aliphatic rings. The molecule has 2 nitrogen and oxygen atoms in total. The summed E-state index contributed by atoms with van der Waals surface area (Å²) in [5.74, 6) is 0.576. The predicted octanol–water partition coefficient (Wildman–Crippen LogP) is 11.9. The average Bonchev–Trinajstić information content (AvgIpc) is 3.50. The number of hydrogen-bond acceptors (Lipinski definition) is 3. The summed E-state index contributed by atoms with van der Waals surface area (Å²) < 4.78 is 1.52. The van der Waals surface area contributed by atoms with E-state index in [4.69, 9.17) is 0 Å². The summed E-state index contributed by atoms with van der Waals surface area (Å²) in [6.45, 7) is 22.4. The highest BCUT2D eigenvalue weighted by atomic mass is 32.1. The average molecular weight is 713 g/mol. The van der Waals surface area contributed by atoms with E-state index in [0.29, 0.717) is 11.3 Å². The van der Waals surface area contributed by atoms with Crippen molar-refractivity contribution in [2.24, 2.45) is 16.7 Å². The van der Waals surface area contributed by atoms with Gasteiger partial charge in [0, 0.05) is 43.7 Å². The van der Waals surface area contributed by atoms with Gasteiger partial charge in [-0.25, -0.2) is 0 Å². The number of thiophene rings is 1. The molecule has 268 valence electrons. The number of allylic oxidation sites excluding steroid dienone is 1. The number of hydrogen-bond donors (Lipinski definition) is 0. The Kier molecular flexibility index (Phi) is 6.98. The number of fused-ring (bicyclic) bond motifs is 8. The third-order valence-electron chi connectivity index (χ3n) is 14.4. The first-order chi connectivity index (χ1) is 25.2. The Morgan fingerprint density at radius 1 is 0.642 bits per heavy atom. The van der Waals surface area contributed by atoms with Crippen molar-refractivity contribution in [1.82, 2.24) is 0 Å². The molecule has 3 heterocycles. The van der Waals surface area contributed by atoms with Crippen LogP contribution in [-0.4, -0.2) is 6.71 Å². The number of benzene rings is 4. The molecule has 0 spiro atoms. The van der Waals surface area contributed by atoms with E-state index in [1.165, 1.54) is 92.2 Å². The van der Waals surface area contributed by atoms with Gasteiger partial charge in [-0.1, -0.05) is 116 Å². The van der Waals surface area contributed by atoms with Gasteiger partial charge in [0.1, 0.15) is 0 Å². The van der Waals surface area contributed by atoms with Gasteiger partial charge in [0.2, 0.25) is 0 Å². The summed E-state index contributed by atoms with van der Waals surface area (Å²) in [5.41, 5.74) is 19.1. The number of rotatable bonds is 2. The Morgan fingerprint density at radius 3 is 1.98 bits per heavy atom. The van der Waals surface area contributed by atoms with Gasteiger partial charge in [-0.05, 0) is 131 Å². The van der Waals surface area contributed by atoms with Gasteiger partial charge in [0.15, 0.2) is 0 Å². The molecule has 53 heavy (non-hydrogen) atoms. The second-order valence-electron chi connectivity index (χ2n) is 19.5. The zero-order valence-electron chi connectivity index (χ0n) is 33.2. The molecular weight excluding hydrogens is 659 g/mol. The van der Waals surface area contributed by atoms with Crippen LogP contribution in [0.25, 0.3) is 6.08 Å². The maximum Gasteiger partial charge on any atom is 0.264 e. The molecule has 0 N–H and O–H groups in total. The SMILES string of the molecule is Cc1ccccc1N1c2cc3c(cc2B2c4sc5c(c4N(c4ccccc4)c4cccc1c42)C=C1C(C5)C(C)(C)CCC1(C)C)C(C)(C)CCC3(C)C. The van der Waals surface area contributed by atoms with Crippen molar-refractivity contribution in [2.75, 3.05) is 9.80 Å². The second-order valence-corrected chi connectivity index (χ2v) is 20.7. The fourth-order valence-electron chi connectivity index (χ4n) is 11.0. The Bertz CT molecular complexity index is 2370. The fourth-order valence-corrected chi connectivity index (χ4v) is 12.4. The Hall–Kier alpha value is -4.02. The molecular formula is C49H53BN2S. The monoisotopic (exact) mass is 712 g/mol. The van der Waals surface area contributed by atoms with E-state index in [0.717, 1.165) is 6.42 Å². The topological polar surface area (TPSA) is 6.48 Å². The minimum atomic E-state index is 0.116. The highest BCUT2D eigenvalue weighted by Crippen LogP contribution is 2.58. The van der Waals surface area contributed by atoms with Crippen LogP contribution in [0.5, 0.6) is 0 Å². The second kappa shape index (κ2) is 11.0. The van der Waals surface area contributed by atoms with Gasteiger partial charge in [-0.15, -0.1) is 0 Å². The zero-order chi connectivity index (χ0) is 36.8. The quantitative estimate of drug-likeness (QED) is 0.165. The fraction of sp³-hybridized carbons (Fsp3) is 0.388. The van der Waals surface area contributed by atoms with Crippen molar-refractivity contribution in [2.45, 2.75) is 105 Å². The van der Waals surface area contributed by atoms with Crippen molar-refractivity contribution in [3.8, 4) is 0 Å². The van der Waals surface area contributed by atoms with Crippen molar-refractivity contribution in [1.29, 1.82) is 0 Å². The van der Waals surface area contributed by atoms with Gasteiger partial charge in [-0.2, -0.15) is 11.3 Å². The van der Waals surface area contributed by atoms with Gasteiger partial charge in [0.05, 0.1) is 5.69 Å². The maximum absolute atomic E-state index is 2.69. The van der Waals surface area contributed by atoms with Crippen LogP contribution in [0.15, 0.2) is 90.5 Å². The van der Waals surface area contributed by atoms with Gasteiger partial charge in [0.25, 0.3) is 6.71 Å². The van der Waals surface area contributed by atoms with Crippen LogP contribution in [0.2, 0.25) is 0 Å². The maximum atomic E-state index is 2.69. The first kappa shape index (κ1) is 33.5. The molecule has 4 aromatic carbocycles. The van der Waals surface area contributed by atoms with Gasteiger partial charge >= 0.3 is 0 Å². The lowest BCUT2D eigenvalue weighted by atomic mass is 9.35. The largest absolute Gasteiger partial charge is 0.311 e. The minimum absolute atomic E-state index is 0.116. The van der Waals surface area contributed by atoms with E-state index in [-0.39, 0.29) is 23.0 Å². The molecule has 1 unspecified atom stereocenters. The predicted molar refractivity (Wildman–Crippen MR) is 230 cm³/mol. The van der Waals surface area contributed by atoms with Crippen LogP contribution in [0.4, 0.5) is 34.1 Å². The molecule has 1 saturated carbocycles. The first-order valence-corrected chi connectivity index (χ1v) is 20.9. The normalized spacial score (nSPS) is 22.1. The lowest BCUT2D eigenvalue weighted by molar-refractivity contribution is 0.124. The van der Waals surface area contributed by atoms with Gasteiger partial charge in [-0.3, -0.25) is 0 Å². The van der Waals surface area contributed by atoms with Crippen molar-refractivity contribution >= 4 is 74.0 Å². The molecule has 1 atom stereocenters. The van der Waals surface area contributed by atoms with E-state index in [9.17, 15) is 0 Å². The number of anilines is 6. The Labute approximate surface area is 322 Å². The van der Waals surface area contributed by atoms with Crippen LogP contribution in [0, 0.1) is 23.7 Å². The highest BCUT2D eigenvalue weighted by molar-refractivity contribution is 7.29.